The molecule has 0 spiro atoms. The summed E-state index contributed by atoms with van der Waals surface area (Å²) >= 11 is 2.02. The summed E-state index contributed by atoms with van der Waals surface area (Å²) in [4.78, 5) is 2.42. The summed E-state index contributed by atoms with van der Waals surface area (Å²) in [6.45, 7) is 1.16. The maximum Gasteiger partial charge on any atom is 0.0414 e. The van der Waals surface area contributed by atoms with Crippen molar-refractivity contribution in [3.63, 3.8) is 0 Å². The molecule has 0 amide bonds. The van der Waals surface area contributed by atoms with Crippen molar-refractivity contribution in [2.24, 2.45) is 5.84 Å². The molecule has 0 aliphatic carbocycles. The first-order valence-corrected chi connectivity index (χ1v) is 7.25. The Bertz CT molecular complexity index is 331. The molecule has 2 unspecified atom stereocenters. The van der Waals surface area contributed by atoms with Crippen LogP contribution < -0.4 is 11.3 Å². The monoisotopic (exact) mass is 251 g/mol. The normalized spacial score (nSPS) is 23.5. The van der Waals surface area contributed by atoms with Crippen molar-refractivity contribution in [3.8, 4) is 0 Å². The van der Waals surface area contributed by atoms with E-state index in [1.54, 1.807) is 0 Å². The van der Waals surface area contributed by atoms with Crippen molar-refractivity contribution >= 4 is 11.8 Å². The Balaban J connectivity index is 2.00. The molecule has 1 aliphatic rings. The summed E-state index contributed by atoms with van der Waals surface area (Å²) in [5.41, 5.74) is 4.34. The molecule has 17 heavy (non-hydrogen) atoms. The van der Waals surface area contributed by atoms with Gasteiger partial charge < -0.3 is 4.90 Å². The summed E-state index contributed by atoms with van der Waals surface area (Å²) in [5, 5.41) is 0. The number of likely N-dealkylation sites (N-methyl/N-ethyl adjacent to an activating group) is 1. The Hall–Kier alpha value is -0.550. The van der Waals surface area contributed by atoms with E-state index in [1.807, 2.05) is 11.8 Å². The highest BCUT2D eigenvalue weighted by Gasteiger charge is 2.27. The van der Waals surface area contributed by atoms with Crippen LogP contribution in [0.25, 0.3) is 0 Å². The van der Waals surface area contributed by atoms with Crippen molar-refractivity contribution < 1.29 is 0 Å². The zero-order valence-electron chi connectivity index (χ0n) is 10.3. The SMILES string of the molecule is CN1CCSCC1C(Cc1ccccc1)NN. The molecule has 94 valence electrons. The Morgan fingerprint density at radius 2 is 2.24 bits per heavy atom. The first kappa shape index (κ1) is 12.9. The number of thioether (sulfide) groups is 1. The fraction of sp³-hybridized carbons (Fsp3) is 0.538. The van der Waals surface area contributed by atoms with Crippen LogP contribution in [-0.2, 0) is 6.42 Å². The minimum atomic E-state index is 0.329. The molecule has 1 aromatic rings. The van der Waals surface area contributed by atoms with Crippen LogP contribution in [0.3, 0.4) is 0 Å². The third-order valence-electron chi connectivity index (χ3n) is 3.42. The standard InChI is InChI=1S/C13H21N3S/c1-16-7-8-17-10-13(16)12(15-14)9-11-5-3-2-4-6-11/h2-6,12-13,15H,7-10,14H2,1H3. The van der Waals surface area contributed by atoms with Crippen LogP contribution in [0.5, 0.6) is 0 Å². The third kappa shape index (κ3) is 3.45. The Morgan fingerprint density at radius 1 is 1.47 bits per heavy atom. The van der Waals surface area contributed by atoms with Gasteiger partial charge in [-0.25, -0.2) is 0 Å². The average molecular weight is 251 g/mol. The van der Waals surface area contributed by atoms with Gasteiger partial charge in [-0.15, -0.1) is 0 Å². The van der Waals surface area contributed by atoms with Crippen LogP contribution in [0, 0.1) is 0 Å². The van der Waals surface area contributed by atoms with Crippen molar-refractivity contribution in [1.82, 2.24) is 10.3 Å². The summed E-state index contributed by atoms with van der Waals surface area (Å²) in [7, 11) is 2.19. The smallest absolute Gasteiger partial charge is 0.0414 e. The van der Waals surface area contributed by atoms with Crippen molar-refractivity contribution in [2.45, 2.75) is 18.5 Å². The fourth-order valence-electron chi connectivity index (χ4n) is 2.30. The van der Waals surface area contributed by atoms with E-state index in [-0.39, 0.29) is 0 Å². The molecular weight excluding hydrogens is 230 g/mol. The molecule has 0 aromatic heterocycles. The van der Waals surface area contributed by atoms with Gasteiger partial charge in [-0.05, 0) is 19.0 Å². The first-order chi connectivity index (χ1) is 8.31. The highest BCUT2D eigenvalue weighted by Crippen LogP contribution is 2.19. The predicted molar refractivity (Wildman–Crippen MR) is 75.0 cm³/mol. The number of hydrogen-bond acceptors (Lipinski definition) is 4. The lowest BCUT2D eigenvalue weighted by Gasteiger charge is -2.37. The Morgan fingerprint density at radius 3 is 2.88 bits per heavy atom. The fourth-order valence-corrected chi connectivity index (χ4v) is 3.62. The topological polar surface area (TPSA) is 41.3 Å². The highest BCUT2D eigenvalue weighted by atomic mass is 32.2. The zero-order chi connectivity index (χ0) is 12.1. The molecule has 1 fully saturated rings. The molecule has 1 heterocycles. The zero-order valence-corrected chi connectivity index (χ0v) is 11.1. The molecular formula is C13H21N3S. The molecule has 0 bridgehead atoms. The van der Waals surface area contributed by atoms with Crippen LogP contribution in [0.4, 0.5) is 0 Å². The number of nitrogens with two attached hydrogens (primary N) is 1. The van der Waals surface area contributed by atoms with E-state index in [0.717, 1.165) is 18.7 Å². The maximum atomic E-state index is 5.73. The van der Waals surface area contributed by atoms with Gasteiger partial charge in [-0.3, -0.25) is 11.3 Å². The van der Waals surface area contributed by atoms with E-state index < -0.39 is 0 Å². The molecule has 0 radical (unpaired) electrons. The molecule has 1 aromatic carbocycles. The van der Waals surface area contributed by atoms with Gasteiger partial charge in [0.05, 0.1) is 0 Å². The van der Waals surface area contributed by atoms with Crippen molar-refractivity contribution in [3.05, 3.63) is 35.9 Å². The average Bonchev–Trinajstić information content (AvgIpc) is 2.38. The van der Waals surface area contributed by atoms with E-state index in [4.69, 9.17) is 5.84 Å². The van der Waals surface area contributed by atoms with E-state index in [1.165, 1.54) is 11.3 Å². The molecule has 3 N–H and O–H groups in total. The number of hydrogen-bond donors (Lipinski definition) is 2. The second kappa shape index (κ2) is 6.40. The van der Waals surface area contributed by atoms with Crippen LogP contribution in [0.15, 0.2) is 30.3 Å². The molecule has 2 rings (SSSR count). The third-order valence-corrected chi connectivity index (χ3v) is 4.47. The summed E-state index contributed by atoms with van der Waals surface area (Å²) < 4.78 is 0. The number of hydrazine groups is 1. The molecule has 1 saturated heterocycles. The highest BCUT2D eigenvalue weighted by molar-refractivity contribution is 7.99. The Labute approximate surface area is 108 Å². The van der Waals surface area contributed by atoms with E-state index in [0.29, 0.717) is 12.1 Å². The molecule has 3 nitrogen and oxygen atoms in total. The van der Waals surface area contributed by atoms with Gasteiger partial charge in [0.15, 0.2) is 0 Å². The van der Waals surface area contributed by atoms with Gasteiger partial charge >= 0.3 is 0 Å². The minimum absolute atomic E-state index is 0.329. The summed E-state index contributed by atoms with van der Waals surface area (Å²) in [6, 6.07) is 11.4. The summed E-state index contributed by atoms with van der Waals surface area (Å²) in [5.74, 6) is 8.12. The summed E-state index contributed by atoms with van der Waals surface area (Å²) in [6.07, 6.45) is 0.993. The van der Waals surface area contributed by atoms with Gasteiger partial charge in [0.1, 0.15) is 0 Å². The molecule has 0 saturated carbocycles. The lowest BCUT2D eigenvalue weighted by molar-refractivity contribution is 0.214. The number of nitrogens with one attached hydrogen (secondary N) is 1. The maximum absolute atomic E-state index is 5.73. The lowest BCUT2D eigenvalue weighted by Crippen LogP contribution is -2.55. The van der Waals surface area contributed by atoms with Crippen LogP contribution >= 0.6 is 11.8 Å². The van der Waals surface area contributed by atoms with Crippen LogP contribution in [-0.4, -0.2) is 42.1 Å². The first-order valence-electron chi connectivity index (χ1n) is 6.09. The van der Waals surface area contributed by atoms with Gasteiger partial charge in [0.2, 0.25) is 0 Å². The second-order valence-corrected chi connectivity index (χ2v) is 5.74. The number of rotatable bonds is 4. The van der Waals surface area contributed by atoms with Gasteiger partial charge in [-0.2, -0.15) is 11.8 Å². The van der Waals surface area contributed by atoms with E-state index in [9.17, 15) is 0 Å². The molecule has 1 aliphatic heterocycles. The minimum Gasteiger partial charge on any atom is -0.300 e. The molecule has 4 heteroatoms. The van der Waals surface area contributed by atoms with Crippen LogP contribution in [0.2, 0.25) is 0 Å². The number of nitrogens with zero attached hydrogens (tertiary/aromatic N) is 1. The van der Waals surface area contributed by atoms with Gasteiger partial charge in [0.25, 0.3) is 0 Å². The van der Waals surface area contributed by atoms with E-state index in [2.05, 4.69) is 47.7 Å². The van der Waals surface area contributed by atoms with Gasteiger partial charge in [-0.1, -0.05) is 30.3 Å². The van der Waals surface area contributed by atoms with Gasteiger partial charge in [0, 0.05) is 30.1 Å². The number of benzene rings is 1. The quantitative estimate of drug-likeness (QED) is 0.621. The van der Waals surface area contributed by atoms with Crippen LogP contribution in [0.1, 0.15) is 5.56 Å². The largest absolute Gasteiger partial charge is 0.300 e. The van der Waals surface area contributed by atoms with Crippen molar-refractivity contribution in [2.75, 3.05) is 25.1 Å². The Kier molecular flexibility index (Phi) is 4.86. The predicted octanol–water partition coefficient (Wildman–Crippen LogP) is 1.11. The second-order valence-electron chi connectivity index (χ2n) is 4.59. The van der Waals surface area contributed by atoms with E-state index >= 15 is 0 Å². The van der Waals surface area contributed by atoms with Crippen molar-refractivity contribution in [1.29, 1.82) is 0 Å². The molecule has 2 atom stereocenters. The lowest BCUT2D eigenvalue weighted by atomic mass is 10.00.